The number of imide groups is 1. The predicted octanol–water partition coefficient (Wildman–Crippen LogP) is 2.54. The summed E-state index contributed by atoms with van der Waals surface area (Å²) >= 11 is 3.22. The zero-order chi connectivity index (χ0) is 14.2. The molecule has 0 radical (unpaired) electrons. The fraction of sp³-hybridized carbons (Fsp3) is 0.385. The lowest BCUT2D eigenvalue weighted by atomic mass is 10.2. The lowest BCUT2D eigenvalue weighted by molar-refractivity contribution is -0.140. The van der Waals surface area contributed by atoms with E-state index in [2.05, 4.69) is 21.2 Å². The van der Waals surface area contributed by atoms with Crippen molar-refractivity contribution in [1.29, 1.82) is 0 Å². The van der Waals surface area contributed by atoms with Gasteiger partial charge in [0.05, 0.1) is 12.1 Å². The molecule has 1 aliphatic rings. The summed E-state index contributed by atoms with van der Waals surface area (Å²) in [6, 6.07) is 3.65. The summed E-state index contributed by atoms with van der Waals surface area (Å²) in [5.41, 5.74) is 0.208. The predicted molar refractivity (Wildman–Crippen MR) is 73.1 cm³/mol. The third-order valence-corrected chi connectivity index (χ3v) is 3.64. The third kappa shape index (κ3) is 2.63. The van der Waals surface area contributed by atoms with Crippen LogP contribution in [0.15, 0.2) is 22.7 Å². The number of carbonyl (C=O) groups excluding carboxylic acids is 2. The third-order valence-electron chi connectivity index (χ3n) is 2.98. The number of carbonyl (C=O) groups is 2. The maximum absolute atomic E-state index is 13.7. The van der Waals surface area contributed by atoms with Crippen LogP contribution in [0.3, 0.4) is 0 Å². The molecule has 4 nitrogen and oxygen atoms in total. The van der Waals surface area contributed by atoms with Gasteiger partial charge in [-0.2, -0.15) is 0 Å². The van der Waals surface area contributed by atoms with Gasteiger partial charge in [0.1, 0.15) is 11.9 Å². The molecule has 1 aliphatic heterocycles. The van der Waals surface area contributed by atoms with Crippen molar-refractivity contribution < 1.29 is 14.0 Å². The van der Waals surface area contributed by atoms with Gasteiger partial charge in [-0.3, -0.25) is 14.5 Å². The highest BCUT2D eigenvalue weighted by atomic mass is 79.9. The molecular weight excluding hydrogens is 315 g/mol. The maximum Gasteiger partial charge on any atom is 0.252 e. The van der Waals surface area contributed by atoms with E-state index < -0.39 is 11.9 Å². The number of nitrogens with zero attached hydrogens (tertiary/aromatic N) is 1. The number of nitrogens with one attached hydrogen (secondary N) is 1. The minimum atomic E-state index is -0.705. The van der Waals surface area contributed by atoms with Crippen molar-refractivity contribution in [3.05, 3.63) is 28.5 Å². The second-order valence-corrected chi connectivity index (χ2v) is 5.55. The van der Waals surface area contributed by atoms with Gasteiger partial charge in [0, 0.05) is 10.5 Å². The van der Waals surface area contributed by atoms with E-state index in [4.69, 9.17) is 0 Å². The molecule has 6 heteroatoms. The Morgan fingerprint density at radius 3 is 2.63 bits per heavy atom. The molecule has 1 saturated heterocycles. The Morgan fingerprint density at radius 1 is 1.42 bits per heavy atom. The Hall–Kier alpha value is -1.43. The molecule has 1 atom stereocenters. The SMILES string of the molecule is CC(C)N1C(=O)CC(Nc2c(F)cccc2Br)C1=O. The van der Waals surface area contributed by atoms with Gasteiger partial charge in [-0.25, -0.2) is 4.39 Å². The average Bonchev–Trinajstić information content (AvgIpc) is 2.59. The average molecular weight is 329 g/mol. The van der Waals surface area contributed by atoms with Crippen molar-refractivity contribution in [1.82, 2.24) is 4.90 Å². The van der Waals surface area contributed by atoms with Gasteiger partial charge in [0.2, 0.25) is 5.91 Å². The lowest BCUT2D eigenvalue weighted by Gasteiger charge is -2.19. The molecule has 0 bridgehead atoms. The van der Waals surface area contributed by atoms with Gasteiger partial charge in [-0.15, -0.1) is 0 Å². The van der Waals surface area contributed by atoms with Crippen LogP contribution < -0.4 is 5.32 Å². The van der Waals surface area contributed by atoms with E-state index >= 15 is 0 Å². The molecule has 19 heavy (non-hydrogen) atoms. The maximum atomic E-state index is 13.7. The Bertz CT molecular complexity index is 513. The van der Waals surface area contributed by atoms with Crippen LogP contribution in [-0.2, 0) is 9.59 Å². The molecular formula is C13H14BrFN2O2. The Labute approximate surface area is 119 Å². The van der Waals surface area contributed by atoms with Crippen LogP contribution in [-0.4, -0.2) is 28.8 Å². The molecule has 1 fully saturated rings. The highest BCUT2D eigenvalue weighted by molar-refractivity contribution is 9.10. The molecule has 1 heterocycles. The monoisotopic (exact) mass is 328 g/mol. The Kier molecular flexibility index (Phi) is 3.89. The first-order chi connectivity index (χ1) is 8.91. The summed E-state index contributed by atoms with van der Waals surface area (Å²) in [5, 5.41) is 2.81. The second-order valence-electron chi connectivity index (χ2n) is 4.69. The van der Waals surface area contributed by atoms with Crippen LogP contribution in [0.4, 0.5) is 10.1 Å². The number of hydrogen-bond acceptors (Lipinski definition) is 3. The molecule has 0 spiro atoms. The van der Waals surface area contributed by atoms with E-state index in [1.54, 1.807) is 26.0 Å². The number of anilines is 1. The van der Waals surface area contributed by atoms with Gasteiger partial charge < -0.3 is 5.32 Å². The summed E-state index contributed by atoms with van der Waals surface area (Å²) in [4.78, 5) is 25.1. The number of para-hydroxylation sites is 1. The largest absolute Gasteiger partial charge is 0.370 e. The molecule has 2 amide bonds. The molecule has 1 N–H and O–H groups in total. The summed E-state index contributed by atoms with van der Waals surface area (Å²) in [7, 11) is 0. The number of likely N-dealkylation sites (tertiary alicyclic amines) is 1. The highest BCUT2D eigenvalue weighted by Crippen LogP contribution is 2.28. The van der Waals surface area contributed by atoms with Gasteiger partial charge in [-0.05, 0) is 41.9 Å². The van der Waals surface area contributed by atoms with Crippen molar-refractivity contribution >= 4 is 33.4 Å². The summed E-state index contributed by atoms with van der Waals surface area (Å²) in [6.45, 7) is 3.55. The van der Waals surface area contributed by atoms with Crippen LogP contribution in [0.1, 0.15) is 20.3 Å². The Balaban J connectivity index is 2.22. The standard InChI is InChI=1S/C13H14BrFN2O2/c1-7(2)17-11(18)6-10(13(17)19)16-12-8(14)4-3-5-9(12)15/h3-5,7,10,16H,6H2,1-2H3. The van der Waals surface area contributed by atoms with Crippen LogP contribution in [0.25, 0.3) is 0 Å². The fourth-order valence-electron chi connectivity index (χ4n) is 2.12. The minimum absolute atomic E-state index is 0.0534. The molecule has 0 aromatic heterocycles. The lowest BCUT2D eigenvalue weighted by Crippen LogP contribution is -2.39. The Morgan fingerprint density at radius 2 is 2.11 bits per heavy atom. The van der Waals surface area contributed by atoms with E-state index in [0.29, 0.717) is 4.47 Å². The first-order valence-corrected chi connectivity index (χ1v) is 6.77. The van der Waals surface area contributed by atoms with Gasteiger partial charge >= 0.3 is 0 Å². The number of benzene rings is 1. The van der Waals surface area contributed by atoms with Crippen LogP contribution in [0.2, 0.25) is 0 Å². The smallest absolute Gasteiger partial charge is 0.252 e. The zero-order valence-electron chi connectivity index (χ0n) is 10.6. The molecule has 1 aromatic carbocycles. The summed E-state index contributed by atoms with van der Waals surface area (Å²) < 4.78 is 14.2. The summed E-state index contributed by atoms with van der Waals surface area (Å²) in [5.74, 6) is -1.00. The van der Waals surface area contributed by atoms with Crippen molar-refractivity contribution in [3.8, 4) is 0 Å². The molecule has 1 unspecified atom stereocenters. The number of hydrogen-bond donors (Lipinski definition) is 1. The topological polar surface area (TPSA) is 49.4 Å². The van der Waals surface area contributed by atoms with E-state index in [-0.39, 0.29) is 30.0 Å². The van der Waals surface area contributed by atoms with Crippen LogP contribution >= 0.6 is 15.9 Å². The van der Waals surface area contributed by atoms with Crippen molar-refractivity contribution in [2.75, 3.05) is 5.32 Å². The van der Waals surface area contributed by atoms with Crippen molar-refractivity contribution in [3.63, 3.8) is 0 Å². The summed E-state index contributed by atoms with van der Waals surface area (Å²) in [6.07, 6.45) is 0.0534. The first kappa shape index (κ1) is 14.0. The minimum Gasteiger partial charge on any atom is -0.370 e. The van der Waals surface area contributed by atoms with Gasteiger partial charge in [0.25, 0.3) is 5.91 Å². The molecule has 102 valence electrons. The van der Waals surface area contributed by atoms with Gasteiger partial charge in [-0.1, -0.05) is 6.07 Å². The van der Waals surface area contributed by atoms with Crippen molar-refractivity contribution in [2.45, 2.75) is 32.4 Å². The highest BCUT2D eigenvalue weighted by Gasteiger charge is 2.40. The van der Waals surface area contributed by atoms with E-state index in [1.807, 2.05) is 0 Å². The molecule has 1 aromatic rings. The molecule has 2 rings (SSSR count). The fourth-order valence-corrected chi connectivity index (χ4v) is 2.57. The normalized spacial score (nSPS) is 19.4. The number of amides is 2. The zero-order valence-corrected chi connectivity index (χ0v) is 12.2. The first-order valence-electron chi connectivity index (χ1n) is 5.98. The van der Waals surface area contributed by atoms with E-state index in [0.717, 1.165) is 0 Å². The van der Waals surface area contributed by atoms with Crippen molar-refractivity contribution in [2.24, 2.45) is 0 Å². The molecule has 0 aliphatic carbocycles. The number of rotatable bonds is 3. The quantitative estimate of drug-likeness (QED) is 0.867. The van der Waals surface area contributed by atoms with E-state index in [9.17, 15) is 14.0 Å². The van der Waals surface area contributed by atoms with Crippen LogP contribution in [0, 0.1) is 5.82 Å². The number of halogens is 2. The molecule has 0 saturated carbocycles. The van der Waals surface area contributed by atoms with E-state index in [1.165, 1.54) is 11.0 Å². The van der Waals surface area contributed by atoms with Gasteiger partial charge in [0.15, 0.2) is 0 Å². The van der Waals surface area contributed by atoms with Crippen LogP contribution in [0.5, 0.6) is 0 Å². The second kappa shape index (κ2) is 5.28.